The minimum atomic E-state index is -3.42. The van der Waals surface area contributed by atoms with Crippen LogP contribution in [0, 0.1) is 5.92 Å². The molecule has 0 radical (unpaired) electrons. The Balaban J connectivity index is 1.84. The molecule has 1 aromatic carbocycles. The van der Waals surface area contributed by atoms with Crippen molar-refractivity contribution < 1.29 is 17.9 Å². The molecule has 1 aromatic heterocycles. The predicted molar refractivity (Wildman–Crippen MR) is 102 cm³/mol. The zero-order valence-electron chi connectivity index (χ0n) is 15.5. The third kappa shape index (κ3) is 3.90. The molecular formula is C18H23N3O5S. The molecular weight excluding hydrogens is 370 g/mol. The van der Waals surface area contributed by atoms with Crippen LogP contribution >= 0.6 is 0 Å². The van der Waals surface area contributed by atoms with E-state index in [1.165, 1.54) is 18.7 Å². The molecule has 1 aliphatic heterocycles. The average Bonchev–Trinajstić information content (AvgIpc) is 3.04. The van der Waals surface area contributed by atoms with E-state index in [0.717, 1.165) is 15.2 Å². The molecule has 1 fully saturated rings. The van der Waals surface area contributed by atoms with E-state index in [-0.39, 0.29) is 30.4 Å². The zero-order valence-corrected chi connectivity index (χ0v) is 16.3. The highest BCUT2D eigenvalue weighted by Crippen LogP contribution is 2.18. The molecule has 3 rings (SSSR count). The third-order valence-electron chi connectivity index (χ3n) is 4.87. The molecule has 1 saturated heterocycles. The number of benzene rings is 1. The number of aromatic nitrogens is 1. The molecule has 27 heavy (non-hydrogen) atoms. The number of nitrogens with zero attached hydrogens (tertiary/aromatic N) is 2. The van der Waals surface area contributed by atoms with Crippen LogP contribution in [0.1, 0.15) is 10.4 Å². The number of carbonyl (C=O) groups is 1. The SMILES string of the molecule is CN(C)S(=O)(=O)C[C@@H]1COC[C@@H]1NC(=O)c1cc2ccccc2n(C)c1=O. The molecule has 2 heterocycles. The van der Waals surface area contributed by atoms with Crippen molar-refractivity contribution in [3.63, 3.8) is 0 Å². The highest BCUT2D eigenvalue weighted by atomic mass is 32.2. The summed E-state index contributed by atoms with van der Waals surface area (Å²) in [7, 11) is 1.13. The van der Waals surface area contributed by atoms with E-state index < -0.39 is 27.5 Å². The lowest BCUT2D eigenvalue weighted by Crippen LogP contribution is -2.45. The number of nitrogens with one attached hydrogen (secondary N) is 1. The van der Waals surface area contributed by atoms with Gasteiger partial charge < -0.3 is 14.6 Å². The Kier molecular flexibility index (Phi) is 5.36. The summed E-state index contributed by atoms with van der Waals surface area (Å²) in [6.45, 7) is 0.459. The first-order valence-electron chi connectivity index (χ1n) is 8.58. The fourth-order valence-corrected chi connectivity index (χ4v) is 4.34. The van der Waals surface area contributed by atoms with Gasteiger partial charge in [0.15, 0.2) is 0 Å². The molecule has 0 bridgehead atoms. The van der Waals surface area contributed by atoms with Gasteiger partial charge in [0.2, 0.25) is 10.0 Å². The van der Waals surface area contributed by atoms with Crippen LogP contribution in [0.4, 0.5) is 0 Å². The normalized spacial score (nSPS) is 20.3. The monoisotopic (exact) mass is 393 g/mol. The van der Waals surface area contributed by atoms with Crippen LogP contribution in [0.5, 0.6) is 0 Å². The van der Waals surface area contributed by atoms with E-state index in [4.69, 9.17) is 4.74 Å². The second kappa shape index (κ2) is 7.41. The highest BCUT2D eigenvalue weighted by Gasteiger charge is 2.34. The molecule has 1 N–H and O–H groups in total. The Labute approximate surface area is 157 Å². The largest absolute Gasteiger partial charge is 0.379 e. The van der Waals surface area contributed by atoms with Crippen molar-refractivity contribution in [2.45, 2.75) is 6.04 Å². The molecule has 0 unspecified atom stereocenters. The summed E-state index contributed by atoms with van der Waals surface area (Å²) in [4.78, 5) is 25.3. The molecule has 1 amide bonds. The standard InChI is InChI=1S/C18H23N3O5S/c1-20(2)27(24,25)11-13-9-26-10-15(13)19-17(22)14-8-12-6-4-5-7-16(12)21(3)18(14)23/h4-8,13,15H,9-11H2,1-3H3,(H,19,22)/t13-,15-/m0/s1. The first-order chi connectivity index (χ1) is 12.7. The van der Waals surface area contributed by atoms with Crippen molar-refractivity contribution in [1.29, 1.82) is 0 Å². The fourth-order valence-electron chi connectivity index (χ4n) is 3.17. The number of hydrogen-bond acceptors (Lipinski definition) is 5. The maximum absolute atomic E-state index is 12.7. The summed E-state index contributed by atoms with van der Waals surface area (Å²) in [6.07, 6.45) is 0. The highest BCUT2D eigenvalue weighted by molar-refractivity contribution is 7.89. The van der Waals surface area contributed by atoms with Crippen LogP contribution in [0.15, 0.2) is 35.1 Å². The minimum absolute atomic E-state index is 0.0253. The van der Waals surface area contributed by atoms with E-state index in [0.29, 0.717) is 0 Å². The van der Waals surface area contributed by atoms with Crippen LogP contribution in [0.3, 0.4) is 0 Å². The first kappa shape index (κ1) is 19.5. The Bertz CT molecular complexity index is 1030. The molecule has 0 spiro atoms. The summed E-state index contributed by atoms with van der Waals surface area (Å²) < 4.78 is 32.2. The van der Waals surface area contributed by atoms with Crippen molar-refractivity contribution in [3.8, 4) is 0 Å². The summed E-state index contributed by atoms with van der Waals surface area (Å²) in [5, 5.41) is 3.56. The average molecular weight is 393 g/mol. The molecule has 1 aliphatic rings. The lowest BCUT2D eigenvalue weighted by Gasteiger charge is -2.21. The van der Waals surface area contributed by atoms with Gasteiger partial charge in [-0.05, 0) is 17.5 Å². The zero-order chi connectivity index (χ0) is 19.8. The van der Waals surface area contributed by atoms with Crippen LogP contribution in [-0.2, 0) is 21.8 Å². The van der Waals surface area contributed by atoms with Gasteiger partial charge in [-0.1, -0.05) is 18.2 Å². The van der Waals surface area contributed by atoms with E-state index >= 15 is 0 Å². The van der Waals surface area contributed by atoms with Gasteiger partial charge in [0, 0.05) is 27.1 Å². The third-order valence-corrected chi connectivity index (χ3v) is 6.84. The number of pyridine rings is 1. The maximum Gasteiger partial charge on any atom is 0.263 e. The maximum atomic E-state index is 12.7. The second-order valence-electron chi connectivity index (χ2n) is 6.92. The van der Waals surface area contributed by atoms with Gasteiger partial charge in [-0.15, -0.1) is 0 Å². The van der Waals surface area contributed by atoms with E-state index in [1.807, 2.05) is 24.3 Å². The second-order valence-corrected chi connectivity index (χ2v) is 9.15. The molecule has 0 aliphatic carbocycles. The number of rotatable bonds is 5. The Morgan fingerprint density at radius 1 is 1.30 bits per heavy atom. The quantitative estimate of drug-likeness (QED) is 0.781. The van der Waals surface area contributed by atoms with Gasteiger partial charge in [0.25, 0.3) is 11.5 Å². The Morgan fingerprint density at radius 2 is 2.00 bits per heavy atom. The smallest absolute Gasteiger partial charge is 0.263 e. The number of ether oxygens (including phenoxy) is 1. The number of hydrogen-bond donors (Lipinski definition) is 1. The minimum Gasteiger partial charge on any atom is -0.379 e. The number of aryl methyl sites for hydroxylation is 1. The van der Waals surface area contributed by atoms with Crippen LogP contribution in [0.25, 0.3) is 10.9 Å². The topological polar surface area (TPSA) is 97.7 Å². The summed E-state index contributed by atoms with van der Waals surface area (Å²) >= 11 is 0. The van der Waals surface area contributed by atoms with Gasteiger partial charge in [-0.25, -0.2) is 12.7 Å². The van der Waals surface area contributed by atoms with Gasteiger partial charge in [-0.2, -0.15) is 0 Å². The molecule has 0 saturated carbocycles. The predicted octanol–water partition coefficient (Wildman–Crippen LogP) is 0.175. The lowest BCUT2D eigenvalue weighted by atomic mass is 10.1. The summed E-state index contributed by atoms with van der Waals surface area (Å²) in [6, 6.07) is 8.40. The summed E-state index contributed by atoms with van der Waals surface area (Å²) in [5.41, 5.74) is 0.359. The number of sulfonamides is 1. The van der Waals surface area contributed by atoms with Crippen LogP contribution in [0.2, 0.25) is 0 Å². The van der Waals surface area contributed by atoms with Crippen molar-refractivity contribution in [1.82, 2.24) is 14.2 Å². The number of fused-ring (bicyclic) bond motifs is 1. The van der Waals surface area contributed by atoms with Crippen LogP contribution < -0.4 is 10.9 Å². The number of carbonyl (C=O) groups excluding carboxylic acids is 1. The van der Waals surface area contributed by atoms with E-state index in [9.17, 15) is 18.0 Å². The summed E-state index contributed by atoms with van der Waals surface area (Å²) in [5.74, 6) is -1.02. The molecule has 8 nitrogen and oxygen atoms in total. The molecule has 9 heteroatoms. The van der Waals surface area contributed by atoms with Gasteiger partial charge in [-0.3, -0.25) is 9.59 Å². The number of para-hydroxylation sites is 1. The van der Waals surface area contributed by atoms with Gasteiger partial charge in [0.05, 0.1) is 30.5 Å². The van der Waals surface area contributed by atoms with Crippen molar-refractivity contribution >= 4 is 26.8 Å². The Hall–Kier alpha value is -2.23. The lowest BCUT2D eigenvalue weighted by molar-refractivity contribution is 0.0924. The molecule has 2 aromatic rings. The number of amides is 1. The van der Waals surface area contributed by atoms with Crippen molar-refractivity contribution in [2.24, 2.45) is 13.0 Å². The first-order valence-corrected chi connectivity index (χ1v) is 10.2. The van der Waals surface area contributed by atoms with Crippen molar-refractivity contribution in [2.75, 3.05) is 33.1 Å². The van der Waals surface area contributed by atoms with Gasteiger partial charge >= 0.3 is 0 Å². The van der Waals surface area contributed by atoms with E-state index in [2.05, 4.69) is 5.32 Å². The Morgan fingerprint density at radius 3 is 2.70 bits per heavy atom. The van der Waals surface area contributed by atoms with E-state index in [1.54, 1.807) is 13.1 Å². The molecule has 2 atom stereocenters. The van der Waals surface area contributed by atoms with Crippen molar-refractivity contribution in [3.05, 3.63) is 46.2 Å². The van der Waals surface area contributed by atoms with Gasteiger partial charge in [0.1, 0.15) is 5.56 Å². The molecule has 146 valence electrons. The fraction of sp³-hybridized carbons (Fsp3) is 0.444. The van der Waals surface area contributed by atoms with Crippen LogP contribution in [-0.4, -0.2) is 62.3 Å².